The van der Waals surface area contributed by atoms with Gasteiger partial charge in [-0.1, -0.05) is 15.9 Å². The summed E-state index contributed by atoms with van der Waals surface area (Å²) in [6.07, 6.45) is 0. The predicted molar refractivity (Wildman–Crippen MR) is 81.7 cm³/mol. The Bertz CT molecular complexity index is 626. The van der Waals surface area contributed by atoms with Crippen LogP contribution in [0, 0.1) is 0 Å². The van der Waals surface area contributed by atoms with Gasteiger partial charge < -0.3 is 14.7 Å². The van der Waals surface area contributed by atoms with E-state index < -0.39 is 5.97 Å². The van der Waals surface area contributed by atoms with Crippen LogP contribution < -0.4 is 4.90 Å². The van der Waals surface area contributed by atoms with Crippen LogP contribution in [0.2, 0.25) is 0 Å². The first-order valence-electron chi connectivity index (χ1n) is 5.93. The maximum absolute atomic E-state index is 11.8. The Kier molecular flexibility index (Phi) is 4.29. The normalized spacial score (nSPS) is 10.2. The highest BCUT2D eigenvalue weighted by atomic mass is 79.9. The zero-order chi connectivity index (χ0) is 14.7. The Balaban J connectivity index is 2.46. The summed E-state index contributed by atoms with van der Waals surface area (Å²) in [6.45, 7) is 0. The molecule has 0 aromatic heterocycles. The fourth-order valence-electron chi connectivity index (χ4n) is 1.89. The van der Waals surface area contributed by atoms with Gasteiger partial charge in [0, 0.05) is 17.2 Å². The van der Waals surface area contributed by atoms with E-state index in [1.54, 1.807) is 6.07 Å². The van der Waals surface area contributed by atoms with Gasteiger partial charge in [-0.05, 0) is 42.5 Å². The largest absolute Gasteiger partial charge is 0.508 e. The molecule has 1 N–H and O–H groups in total. The Morgan fingerprint density at radius 3 is 2.45 bits per heavy atom. The monoisotopic (exact) mass is 335 g/mol. The van der Waals surface area contributed by atoms with Crippen molar-refractivity contribution in [2.24, 2.45) is 0 Å². The smallest absolute Gasteiger partial charge is 0.340 e. The van der Waals surface area contributed by atoms with Gasteiger partial charge in [0.15, 0.2) is 0 Å². The van der Waals surface area contributed by atoms with Gasteiger partial charge in [0.05, 0.1) is 18.4 Å². The van der Waals surface area contributed by atoms with E-state index in [4.69, 9.17) is 4.74 Å². The number of rotatable bonds is 3. The fraction of sp³-hybridized carbons (Fsp3) is 0.133. The van der Waals surface area contributed by atoms with Gasteiger partial charge in [-0.3, -0.25) is 0 Å². The van der Waals surface area contributed by atoms with Crippen molar-refractivity contribution >= 4 is 33.3 Å². The molecule has 5 heteroatoms. The number of halogens is 1. The number of methoxy groups -OCH3 is 1. The molecule has 0 fully saturated rings. The van der Waals surface area contributed by atoms with Crippen molar-refractivity contribution in [3.8, 4) is 5.75 Å². The molecular formula is C15H14BrNO3. The zero-order valence-corrected chi connectivity index (χ0v) is 12.7. The number of phenols is 1. The lowest BCUT2D eigenvalue weighted by Crippen LogP contribution is -2.14. The Morgan fingerprint density at radius 2 is 1.85 bits per heavy atom. The van der Waals surface area contributed by atoms with Gasteiger partial charge in [-0.2, -0.15) is 0 Å². The number of aromatic hydroxyl groups is 1. The Labute approximate surface area is 125 Å². The van der Waals surface area contributed by atoms with Gasteiger partial charge in [0.1, 0.15) is 5.75 Å². The number of carbonyl (C=O) groups excluding carboxylic acids is 1. The number of hydrogen-bond donors (Lipinski definition) is 1. The molecule has 0 aliphatic rings. The molecule has 2 rings (SSSR count). The molecule has 0 atom stereocenters. The van der Waals surface area contributed by atoms with E-state index in [-0.39, 0.29) is 5.75 Å². The van der Waals surface area contributed by atoms with Crippen molar-refractivity contribution in [2.45, 2.75) is 0 Å². The maximum Gasteiger partial charge on any atom is 0.340 e. The third-order valence-corrected chi connectivity index (χ3v) is 3.49. The molecule has 0 saturated heterocycles. The highest BCUT2D eigenvalue weighted by Gasteiger charge is 2.16. The van der Waals surface area contributed by atoms with Crippen LogP contribution in [0.1, 0.15) is 10.4 Å². The first-order chi connectivity index (χ1) is 9.52. The number of phenolic OH excluding ortho intramolecular Hbond substituents is 1. The minimum atomic E-state index is -0.486. The van der Waals surface area contributed by atoms with E-state index in [9.17, 15) is 9.90 Å². The summed E-state index contributed by atoms with van der Waals surface area (Å²) in [7, 11) is 3.16. The molecule has 0 saturated carbocycles. The van der Waals surface area contributed by atoms with E-state index >= 15 is 0 Å². The summed E-state index contributed by atoms with van der Waals surface area (Å²) < 4.78 is 5.73. The third kappa shape index (κ3) is 2.93. The number of anilines is 2. The standard InChI is InChI=1S/C15H14BrNO3/c1-17(11-5-3-10(16)4-6-11)14-8-7-12(18)9-13(14)15(19)20-2/h3-9,18H,1-2H3. The zero-order valence-electron chi connectivity index (χ0n) is 11.1. The average molecular weight is 336 g/mol. The maximum atomic E-state index is 11.8. The minimum Gasteiger partial charge on any atom is -0.508 e. The summed E-state index contributed by atoms with van der Waals surface area (Å²) in [5.41, 5.74) is 1.90. The minimum absolute atomic E-state index is 0.0263. The topological polar surface area (TPSA) is 49.8 Å². The predicted octanol–water partition coefficient (Wildman–Crippen LogP) is 3.71. The second-order valence-corrected chi connectivity index (χ2v) is 5.14. The quantitative estimate of drug-likeness (QED) is 0.868. The van der Waals surface area contributed by atoms with Gasteiger partial charge >= 0.3 is 5.97 Å². The van der Waals surface area contributed by atoms with Crippen molar-refractivity contribution in [3.05, 3.63) is 52.5 Å². The summed E-state index contributed by atoms with van der Waals surface area (Å²) in [5, 5.41) is 9.54. The van der Waals surface area contributed by atoms with E-state index in [2.05, 4.69) is 15.9 Å². The number of ether oxygens (including phenoxy) is 1. The number of nitrogens with zero attached hydrogens (tertiary/aromatic N) is 1. The lowest BCUT2D eigenvalue weighted by Gasteiger charge is -2.22. The van der Waals surface area contributed by atoms with Crippen molar-refractivity contribution < 1.29 is 14.6 Å². The van der Waals surface area contributed by atoms with Crippen molar-refractivity contribution in [2.75, 3.05) is 19.1 Å². The molecule has 0 bridgehead atoms. The van der Waals surface area contributed by atoms with Crippen LogP contribution in [0.3, 0.4) is 0 Å². The third-order valence-electron chi connectivity index (χ3n) is 2.96. The molecule has 2 aromatic rings. The van der Waals surface area contributed by atoms with E-state index in [1.807, 2.05) is 36.2 Å². The van der Waals surface area contributed by atoms with Gasteiger partial charge in [-0.15, -0.1) is 0 Å². The molecule has 4 nitrogen and oxygen atoms in total. The highest BCUT2D eigenvalue weighted by molar-refractivity contribution is 9.10. The Hall–Kier alpha value is -2.01. The second-order valence-electron chi connectivity index (χ2n) is 4.23. The SMILES string of the molecule is COC(=O)c1cc(O)ccc1N(C)c1ccc(Br)cc1. The molecule has 104 valence electrons. The lowest BCUT2D eigenvalue weighted by atomic mass is 10.1. The molecule has 0 radical (unpaired) electrons. The average Bonchev–Trinajstić information content (AvgIpc) is 2.46. The second kappa shape index (κ2) is 5.96. The summed E-state index contributed by atoms with van der Waals surface area (Å²) in [6, 6.07) is 12.3. The highest BCUT2D eigenvalue weighted by Crippen LogP contribution is 2.30. The first-order valence-corrected chi connectivity index (χ1v) is 6.73. The molecule has 20 heavy (non-hydrogen) atoms. The van der Waals surface area contributed by atoms with Crippen molar-refractivity contribution in [1.82, 2.24) is 0 Å². The number of hydrogen-bond acceptors (Lipinski definition) is 4. The number of esters is 1. The number of carbonyl (C=O) groups is 1. The van der Waals surface area contributed by atoms with Crippen LogP contribution in [-0.4, -0.2) is 25.2 Å². The summed E-state index contributed by atoms with van der Waals surface area (Å²) in [4.78, 5) is 13.7. The molecule has 0 aliphatic carbocycles. The lowest BCUT2D eigenvalue weighted by molar-refractivity contribution is 0.0601. The molecule has 0 amide bonds. The molecule has 0 aliphatic heterocycles. The molecule has 0 spiro atoms. The van der Waals surface area contributed by atoms with Crippen LogP contribution in [0.25, 0.3) is 0 Å². The van der Waals surface area contributed by atoms with Crippen LogP contribution in [0.15, 0.2) is 46.9 Å². The molecule has 0 unspecified atom stereocenters. The van der Waals surface area contributed by atoms with E-state index in [0.29, 0.717) is 11.3 Å². The van der Waals surface area contributed by atoms with Crippen LogP contribution in [0.4, 0.5) is 11.4 Å². The van der Waals surface area contributed by atoms with Crippen LogP contribution >= 0.6 is 15.9 Å². The van der Waals surface area contributed by atoms with Crippen LogP contribution in [-0.2, 0) is 4.74 Å². The van der Waals surface area contributed by atoms with Gasteiger partial charge in [-0.25, -0.2) is 4.79 Å². The van der Waals surface area contributed by atoms with Crippen molar-refractivity contribution in [1.29, 1.82) is 0 Å². The first kappa shape index (κ1) is 14.4. The van der Waals surface area contributed by atoms with Gasteiger partial charge in [0.2, 0.25) is 0 Å². The van der Waals surface area contributed by atoms with Crippen LogP contribution in [0.5, 0.6) is 5.75 Å². The summed E-state index contributed by atoms with van der Waals surface area (Å²) in [5.74, 6) is -0.460. The summed E-state index contributed by atoms with van der Waals surface area (Å²) >= 11 is 3.38. The molecule has 2 aromatic carbocycles. The molecule has 0 heterocycles. The van der Waals surface area contributed by atoms with E-state index in [1.165, 1.54) is 19.2 Å². The van der Waals surface area contributed by atoms with Gasteiger partial charge in [0.25, 0.3) is 0 Å². The Morgan fingerprint density at radius 1 is 1.20 bits per heavy atom. The fourth-order valence-corrected chi connectivity index (χ4v) is 2.16. The van der Waals surface area contributed by atoms with E-state index in [0.717, 1.165) is 10.2 Å². The molecular weight excluding hydrogens is 322 g/mol. The number of benzene rings is 2. The van der Waals surface area contributed by atoms with Crippen molar-refractivity contribution in [3.63, 3.8) is 0 Å².